The van der Waals surface area contributed by atoms with Gasteiger partial charge in [-0.25, -0.2) is 0 Å². The van der Waals surface area contributed by atoms with Crippen LogP contribution in [0.15, 0.2) is 12.4 Å². The van der Waals surface area contributed by atoms with E-state index in [-0.39, 0.29) is 12.3 Å². The molecule has 0 unspecified atom stereocenters. The molecule has 100 valence electrons. The number of nitrogens with zero attached hydrogens (tertiary/aromatic N) is 2. The molecule has 0 radical (unpaired) electrons. The van der Waals surface area contributed by atoms with Gasteiger partial charge < -0.3 is 10.4 Å². The second-order valence-electron chi connectivity index (χ2n) is 4.99. The van der Waals surface area contributed by atoms with E-state index in [1.54, 1.807) is 10.9 Å². The molecular formula is C12H19N3O3. The number of hydrogen-bond acceptors (Lipinski definition) is 3. The van der Waals surface area contributed by atoms with Crippen molar-refractivity contribution in [2.24, 2.45) is 12.5 Å². The first-order valence-corrected chi connectivity index (χ1v) is 5.79. The van der Waals surface area contributed by atoms with Crippen molar-refractivity contribution in [3.8, 4) is 0 Å². The molecule has 0 aliphatic carbocycles. The molecule has 0 saturated heterocycles. The summed E-state index contributed by atoms with van der Waals surface area (Å²) in [4.78, 5) is 22.4. The Balaban J connectivity index is 2.32. The van der Waals surface area contributed by atoms with Crippen molar-refractivity contribution in [1.29, 1.82) is 0 Å². The summed E-state index contributed by atoms with van der Waals surface area (Å²) in [6, 6.07) is 0. The van der Waals surface area contributed by atoms with E-state index in [4.69, 9.17) is 5.11 Å². The van der Waals surface area contributed by atoms with E-state index in [2.05, 4.69) is 10.4 Å². The maximum Gasteiger partial charge on any atom is 0.309 e. The molecule has 1 aromatic heterocycles. The highest BCUT2D eigenvalue weighted by molar-refractivity contribution is 5.84. The van der Waals surface area contributed by atoms with Gasteiger partial charge in [0.05, 0.1) is 11.6 Å². The minimum Gasteiger partial charge on any atom is -0.481 e. The molecule has 1 aromatic rings. The van der Waals surface area contributed by atoms with Crippen molar-refractivity contribution in [3.05, 3.63) is 18.0 Å². The minimum absolute atomic E-state index is 0.0185. The Kier molecular flexibility index (Phi) is 4.47. The fourth-order valence-electron chi connectivity index (χ4n) is 1.49. The van der Waals surface area contributed by atoms with Crippen LogP contribution in [0.3, 0.4) is 0 Å². The quantitative estimate of drug-likeness (QED) is 0.776. The highest BCUT2D eigenvalue weighted by Gasteiger charge is 2.29. The zero-order valence-electron chi connectivity index (χ0n) is 10.9. The van der Waals surface area contributed by atoms with Crippen LogP contribution in [-0.4, -0.2) is 33.3 Å². The van der Waals surface area contributed by atoms with E-state index in [1.807, 2.05) is 13.2 Å². The predicted molar refractivity (Wildman–Crippen MR) is 66.0 cm³/mol. The Labute approximate surface area is 106 Å². The summed E-state index contributed by atoms with van der Waals surface area (Å²) < 4.78 is 1.70. The Morgan fingerprint density at radius 2 is 2.17 bits per heavy atom. The smallest absolute Gasteiger partial charge is 0.309 e. The lowest BCUT2D eigenvalue weighted by molar-refractivity contribution is -0.149. The van der Waals surface area contributed by atoms with Crippen molar-refractivity contribution in [3.63, 3.8) is 0 Å². The van der Waals surface area contributed by atoms with Gasteiger partial charge in [-0.15, -0.1) is 0 Å². The highest BCUT2D eigenvalue weighted by Crippen LogP contribution is 2.19. The third-order valence-electron chi connectivity index (χ3n) is 2.68. The van der Waals surface area contributed by atoms with Crippen molar-refractivity contribution in [2.75, 3.05) is 6.54 Å². The van der Waals surface area contributed by atoms with Crippen molar-refractivity contribution < 1.29 is 14.7 Å². The molecule has 6 nitrogen and oxygen atoms in total. The summed E-state index contributed by atoms with van der Waals surface area (Å²) in [5.41, 5.74) is 0.00793. The number of nitrogens with one attached hydrogen (secondary N) is 1. The molecular weight excluding hydrogens is 234 g/mol. The van der Waals surface area contributed by atoms with Gasteiger partial charge in [-0.2, -0.15) is 5.10 Å². The van der Waals surface area contributed by atoms with E-state index in [0.717, 1.165) is 5.56 Å². The zero-order valence-corrected chi connectivity index (χ0v) is 10.9. The first kappa shape index (κ1) is 14.2. The number of carboxylic acid groups (broad SMARTS) is 1. The van der Waals surface area contributed by atoms with Crippen molar-refractivity contribution in [2.45, 2.75) is 26.7 Å². The number of rotatable bonds is 6. The lowest BCUT2D eigenvalue weighted by atomic mass is 9.89. The van der Waals surface area contributed by atoms with Crippen molar-refractivity contribution >= 4 is 11.9 Å². The molecule has 0 saturated carbocycles. The average molecular weight is 253 g/mol. The normalized spacial score (nSPS) is 11.3. The summed E-state index contributed by atoms with van der Waals surface area (Å²) in [5, 5.41) is 15.6. The lowest BCUT2D eigenvalue weighted by Gasteiger charge is -2.18. The van der Waals surface area contributed by atoms with Crippen LogP contribution in [0.5, 0.6) is 0 Å². The largest absolute Gasteiger partial charge is 0.481 e. The van der Waals surface area contributed by atoms with E-state index >= 15 is 0 Å². The van der Waals surface area contributed by atoms with Crippen LogP contribution < -0.4 is 5.32 Å². The van der Waals surface area contributed by atoms with Crippen LogP contribution in [0.25, 0.3) is 0 Å². The van der Waals surface area contributed by atoms with Gasteiger partial charge >= 0.3 is 5.97 Å². The standard InChI is InChI=1S/C12H19N3O3/c1-12(2,11(17)18)6-10(16)13-5-4-9-7-14-15(3)8-9/h7-8H,4-6H2,1-3H3,(H,13,16)(H,17,18). The number of aliphatic carboxylic acids is 1. The zero-order chi connectivity index (χ0) is 13.8. The maximum absolute atomic E-state index is 11.6. The number of aromatic nitrogens is 2. The molecule has 1 heterocycles. The van der Waals surface area contributed by atoms with Gasteiger partial charge in [-0.05, 0) is 25.8 Å². The van der Waals surface area contributed by atoms with Crippen LogP contribution in [0.4, 0.5) is 0 Å². The molecule has 0 spiro atoms. The van der Waals surface area contributed by atoms with E-state index in [1.165, 1.54) is 13.8 Å². The van der Waals surface area contributed by atoms with Gasteiger partial charge in [-0.3, -0.25) is 14.3 Å². The van der Waals surface area contributed by atoms with Crippen molar-refractivity contribution in [1.82, 2.24) is 15.1 Å². The Bertz CT molecular complexity index is 438. The lowest BCUT2D eigenvalue weighted by Crippen LogP contribution is -2.34. The number of carbonyl (C=O) groups excluding carboxylic acids is 1. The molecule has 0 aliphatic heterocycles. The molecule has 0 aromatic carbocycles. The van der Waals surface area contributed by atoms with Gasteiger partial charge in [0.1, 0.15) is 0 Å². The monoisotopic (exact) mass is 253 g/mol. The number of aryl methyl sites for hydroxylation is 1. The second-order valence-corrected chi connectivity index (χ2v) is 4.99. The Morgan fingerprint density at radius 1 is 1.50 bits per heavy atom. The minimum atomic E-state index is -1.03. The van der Waals surface area contributed by atoms with Crippen LogP contribution >= 0.6 is 0 Å². The fourth-order valence-corrected chi connectivity index (χ4v) is 1.49. The average Bonchev–Trinajstić information content (AvgIpc) is 2.63. The van der Waals surface area contributed by atoms with Gasteiger partial charge in [-0.1, -0.05) is 0 Å². The Morgan fingerprint density at radius 3 is 2.67 bits per heavy atom. The third kappa shape index (κ3) is 4.20. The molecule has 6 heteroatoms. The number of carbonyl (C=O) groups is 2. The number of carboxylic acids is 1. The molecule has 1 rings (SSSR count). The SMILES string of the molecule is Cn1cc(CCNC(=O)CC(C)(C)C(=O)O)cn1. The molecule has 1 amide bonds. The summed E-state index contributed by atoms with van der Waals surface area (Å²) in [6.45, 7) is 3.56. The third-order valence-corrected chi connectivity index (χ3v) is 2.68. The number of amides is 1. The second kappa shape index (κ2) is 5.66. The first-order valence-electron chi connectivity index (χ1n) is 5.79. The van der Waals surface area contributed by atoms with Crippen LogP contribution in [-0.2, 0) is 23.1 Å². The summed E-state index contributed by atoms with van der Waals surface area (Å²) in [7, 11) is 1.83. The topological polar surface area (TPSA) is 84.2 Å². The van der Waals surface area contributed by atoms with Crippen LogP contribution in [0.2, 0.25) is 0 Å². The molecule has 0 aliphatic rings. The summed E-state index contributed by atoms with van der Waals surface area (Å²) >= 11 is 0. The van der Waals surface area contributed by atoms with E-state index in [0.29, 0.717) is 13.0 Å². The van der Waals surface area contributed by atoms with E-state index in [9.17, 15) is 9.59 Å². The highest BCUT2D eigenvalue weighted by atomic mass is 16.4. The number of hydrogen-bond donors (Lipinski definition) is 2. The van der Waals surface area contributed by atoms with Gasteiger partial charge in [0.2, 0.25) is 5.91 Å². The van der Waals surface area contributed by atoms with Crippen LogP contribution in [0.1, 0.15) is 25.8 Å². The van der Waals surface area contributed by atoms with Crippen LogP contribution in [0, 0.1) is 5.41 Å². The fraction of sp³-hybridized carbons (Fsp3) is 0.583. The molecule has 0 atom stereocenters. The predicted octanol–water partition coefficient (Wildman–Crippen LogP) is 0.580. The molecule has 18 heavy (non-hydrogen) atoms. The summed E-state index contributed by atoms with van der Waals surface area (Å²) in [6.07, 6.45) is 4.29. The Hall–Kier alpha value is -1.85. The summed E-state index contributed by atoms with van der Waals surface area (Å²) in [5.74, 6) is -1.21. The van der Waals surface area contributed by atoms with Gasteiger partial charge in [0.15, 0.2) is 0 Å². The molecule has 0 fully saturated rings. The first-order chi connectivity index (χ1) is 8.31. The molecule has 2 N–H and O–H groups in total. The van der Waals surface area contributed by atoms with Gasteiger partial charge in [0.25, 0.3) is 0 Å². The maximum atomic E-state index is 11.6. The van der Waals surface area contributed by atoms with Gasteiger partial charge in [0, 0.05) is 26.2 Å². The molecule has 0 bridgehead atoms. The van der Waals surface area contributed by atoms with E-state index < -0.39 is 11.4 Å².